The lowest BCUT2D eigenvalue weighted by Gasteiger charge is -1.99. The minimum absolute atomic E-state index is 0.00743. The summed E-state index contributed by atoms with van der Waals surface area (Å²) in [4.78, 5) is 0. The molecule has 3 rings (SSSR count). The van der Waals surface area contributed by atoms with E-state index in [1.807, 2.05) is 6.92 Å². The van der Waals surface area contributed by atoms with Crippen molar-refractivity contribution in [1.29, 1.82) is 0 Å². The van der Waals surface area contributed by atoms with Crippen LogP contribution >= 0.6 is 15.9 Å². The molecular formula is C13H12BrF2NO. The predicted octanol–water partition coefficient (Wildman–Crippen LogP) is 4.03. The van der Waals surface area contributed by atoms with Gasteiger partial charge in [-0.2, -0.15) is 4.39 Å². The van der Waals surface area contributed by atoms with Gasteiger partial charge in [0.05, 0.1) is 6.54 Å². The van der Waals surface area contributed by atoms with E-state index < -0.39 is 11.6 Å². The third kappa shape index (κ3) is 1.95. The van der Waals surface area contributed by atoms with Gasteiger partial charge in [0, 0.05) is 21.5 Å². The summed E-state index contributed by atoms with van der Waals surface area (Å²) >= 11 is 3.25. The fourth-order valence-electron chi connectivity index (χ4n) is 2.05. The summed E-state index contributed by atoms with van der Waals surface area (Å²) in [7, 11) is 0. The monoisotopic (exact) mass is 315 g/mol. The molecule has 1 N–H and O–H groups in total. The van der Waals surface area contributed by atoms with Gasteiger partial charge in [-0.25, -0.2) is 4.39 Å². The van der Waals surface area contributed by atoms with Crippen molar-refractivity contribution in [2.24, 2.45) is 0 Å². The van der Waals surface area contributed by atoms with Crippen LogP contribution in [0.3, 0.4) is 0 Å². The first-order valence-corrected chi connectivity index (χ1v) is 6.66. The van der Waals surface area contributed by atoms with Crippen LogP contribution in [-0.4, -0.2) is 6.04 Å². The maximum atomic E-state index is 13.7. The molecule has 0 unspecified atom stereocenters. The third-order valence-electron chi connectivity index (χ3n) is 3.28. The van der Waals surface area contributed by atoms with Crippen LogP contribution in [-0.2, 0) is 6.54 Å². The first-order chi connectivity index (χ1) is 8.58. The molecule has 2 nitrogen and oxygen atoms in total. The van der Waals surface area contributed by atoms with E-state index in [0.29, 0.717) is 28.2 Å². The normalized spacial score (nSPS) is 15.6. The number of hydrogen-bond donors (Lipinski definition) is 1. The smallest absolute Gasteiger partial charge is 0.201 e. The van der Waals surface area contributed by atoms with Crippen LogP contribution in [0.2, 0.25) is 0 Å². The Hall–Kier alpha value is -0.940. The van der Waals surface area contributed by atoms with Crippen molar-refractivity contribution < 1.29 is 13.2 Å². The number of fused-ring (bicyclic) bond motifs is 1. The summed E-state index contributed by atoms with van der Waals surface area (Å²) in [5, 5.41) is 3.92. The molecular weight excluding hydrogens is 304 g/mol. The van der Waals surface area contributed by atoms with Crippen molar-refractivity contribution in [1.82, 2.24) is 5.32 Å². The number of halogens is 3. The Morgan fingerprint density at radius 2 is 2.17 bits per heavy atom. The number of nitrogens with one attached hydrogen (secondary N) is 1. The second-order valence-electron chi connectivity index (χ2n) is 4.66. The molecule has 0 bridgehead atoms. The molecule has 1 aliphatic rings. The van der Waals surface area contributed by atoms with Crippen LogP contribution in [0.25, 0.3) is 11.0 Å². The van der Waals surface area contributed by atoms with Crippen molar-refractivity contribution in [3.8, 4) is 0 Å². The summed E-state index contributed by atoms with van der Waals surface area (Å²) in [6.45, 7) is 2.41. The van der Waals surface area contributed by atoms with Gasteiger partial charge in [-0.1, -0.05) is 0 Å². The van der Waals surface area contributed by atoms with Crippen LogP contribution in [0.1, 0.15) is 24.2 Å². The van der Waals surface area contributed by atoms with Gasteiger partial charge in [0.25, 0.3) is 0 Å². The second-order valence-corrected chi connectivity index (χ2v) is 5.52. The van der Waals surface area contributed by atoms with Crippen LogP contribution < -0.4 is 5.32 Å². The highest BCUT2D eigenvalue weighted by Crippen LogP contribution is 2.35. The summed E-state index contributed by atoms with van der Waals surface area (Å²) in [5.41, 5.74) is 0.843. The molecule has 0 spiro atoms. The van der Waals surface area contributed by atoms with Gasteiger partial charge in [-0.3, -0.25) is 0 Å². The number of rotatable bonds is 3. The van der Waals surface area contributed by atoms with Crippen LogP contribution in [0, 0.1) is 18.6 Å². The zero-order valence-electron chi connectivity index (χ0n) is 9.82. The zero-order valence-corrected chi connectivity index (χ0v) is 11.4. The average molecular weight is 316 g/mol. The largest absolute Gasteiger partial charge is 0.456 e. The SMILES string of the molecule is Cc1c(CNC2CC2)oc2c(F)c(F)cc(Br)c12. The van der Waals surface area contributed by atoms with E-state index in [9.17, 15) is 8.78 Å². The lowest BCUT2D eigenvalue weighted by Crippen LogP contribution is -2.15. The summed E-state index contributed by atoms with van der Waals surface area (Å²) in [5.74, 6) is -1.15. The summed E-state index contributed by atoms with van der Waals surface area (Å²) < 4.78 is 33.0. The molecule has 1 saturated carbocycles. The van der Waals surface area contributed by atoms with E-state index >= 15 is 0 Å². The van der Waals surface area contributed by atoms with Gasteiger partial charge in [0.1, 0.15) is 5.76 Å². The Kier molecular flexibility index (Phi) is 2.90. The molecule has 1 heterocycles. The zero-order chi connectivity index (χ0) is 12.9. The fourth-order valence-corrected chi connectivity index (χ4v) is 2.73. The highest BCUT2D eigenvalue weighted by Gasteiger charge is 2.23. The molecule has 1 aromatic carbocycles. The first-order valence-electron chi connectivity index (χ1n) is 5.86. The van der Waals surface area contributed by atoms with E-state index in [1.54, 1.807) is 0 Å². The number of hydrogen-bond acceptors (Lipinski definition) is 2. The summed E-state index contributed by atoms with van der Waals surface area (Å²) in [6.07, 6.45) is 2.35. The van der Waals surface area contributed by atoms with Gasteiger partial charge >= 0.3 is 0 Å². The van der Waals surface area contributed by atoms with Crippen LogP contribution in [0.5, 0.6) is 0 Å². The van der Waals surface area contributed by atoms with Gasteiger partial charge < -0.3 is 9.73 Å². The van der Waals surface area contributed by atoms with E-state index in [-0.39, 0.29) is 5.58 Å². The Labute approximate surface area is 111 Å². The number of furan rings is 1. The third-order valence-corrected chi connectivity index (χ3v) is 3.90. The molecule has 18 heavy (non-hydrogen) atoms. The molecule has 1 aromatic heterocycles. The van der Waals surface area contributed by atoms with E-state index in [4.69, 9.17) is 4.42 Å². The van der Waals surface area contributed by atoms with E-state index in [2.05, 4.69) is 21.2 Å². The molecule has 0 saturated heterocycles. The maximum absolute atomic E-state index is 13.7. The molecule has 5 heteroatoms. The predicted molar refractivity (Wildman–Crippen MR) is 68.4 cm³/mol. The number of aryl methyl sites for hydroxylation is 1. The molecule has 1 fully saturated rings. The minimum atomic E-state index is -0.922. The lowest BCUT2D eigenvalue weighted by atomic mass is 10.1. The molecule has 0 amide bonds. The molecule has 0 radical (unpaired) electrons. The quantitative estimate of drug-likeness (QED) is 0.865. The van der Waals surface area contributed by atoms with Gasteiger partial charge in [-0.05, 0) is 41.8 Å². The average Bonchev–Trinajstić information content (AvgIpc) is 3.08. The standard InChI is InChI=1S/C13H12BrF2NO/c1-6-10(5-17-7-2-3-7)18-13-11(6)8(14)4-9(15)12(13)16/h4,7,17H,2-3,5H2,1H3. The Morgan fingerprint density at radius 3 is 2.83 bits per heavy atom. The Morgan fingerprint density at radius 1 is 1.44 bits per heavy atom. The fraction of sp³-hybridized carbons (Fsp3) is 0.385. The van der Waals surface area contributed by atoms with Gasteiger partial charge in [-0.15, -0.1) is 0 Å². The van der Waals surface area contributed by atoms with E-state index in [0.717, 1.165) is 11.6 Å². The highest BCUT2D eigenvalue weighted by molar-refractivity contribution is 9.10. The van der Waals surface area contributed by atoms with Gasteiger partial charge in [0.2, 0.25) is 5.82 Å². The van der Waals surface area contributed by atoms with Crippen molar-refractivity contribution >= 4 is 26.9 Å². The van der Waals surface area contributed by atoms with Crippen LogP contribution in [0.4, 0.5) is 8.78 Å². The maximum Gasteiger partial charge on any atom is 0.201 e. The highest BCUT2D eigenvalue weighted by atomic mass is 79.9. The second kappa shape index (κ2) is 4.31. The molecule has 96 valence electrons. The van der Waals surface area contributed by atoms with Crippen molar-refractivity contribution in [2.45, 2.75) is 32.4 Å². The number of benzene rings is 1. The van der Waals surface area contributed by atoms with Crippen molar-refractivity contribution in [3.05, 3.63) is 33.5 Å². The first kappa shape index (κ1) is 12.1. The van der Waals surface area contributed by atoms with Crippen LogP contribution in [0.15, 0.2) is 15.0 Å². The Balaban J connectivity index is 2.08. The topological polar surface area (TPSA) is 25.2 Å². The molecule has 0 aliphatic heterocycles. The van der Waals surface area contributed by atoms with Gasteiger partial charge in [0.15, 0.2) is 11.4 Å². The van der Waals surface area contributed by atoms with E-state index in [1.165, 1.54) is 12.8 Å². The lowest BCUT2D eigenvalue weighted by molar-refractivity contribution is 0.466. The molecule has 0 atom stereocenters. The molecule has 2 aromatic rings. The molecule has 1 aliphatic carbocycles. The van der Waals surface area contributed by atoms with Crippen molar-refractivity contribution in [3.63, 3.8) is 0 Å². The Bertz CT molecular complexity index is 619. The minimum Gasteiger partial charge on any atom is -0.456 e. The summed E-state index contributed by atoms with van der Waals surface area (Å²) in [6, 6.07) is 1.68. The van der Waals surface area contributed by atoms with Crippen molar-refractivity contribution in [2.75, 3.05) is 0 Å².